The third kappa shape index (κ3) is 23.0. The first-order valence-electron chi connectivity index (χ1n) is 22.0. The number of rotatable bonds is 24. The lowest BCUT2D eigenvalue weighted by Crippen LogP contribution is -2.58. The fourth-order valence-electron chi connectivity index (χ4n) is 6.83. The summed E-state index contributed by atoms with van der Waals surface area (Å²) in [6, 6.07) is 11.5. The van der Waals surface area contributed by atoms with Crippen molar-refractivity contribution in [3.63, 3.8) is 0 Å². The second-order valence-electron chi connectivity index (χ2n) is 15.7. The Hall–Kier alpha value is -6.35. The molecule has 0 spiro atoms. The van der Waals surface area contributed by atoms with E-state index in [2.05, 4.69) is 69.9 Å². The molecule has 0 radical (unpaired) electrons. The van der Waals surface area contributed by atoms with Gasteiger partial charge in [0.1, 0.15) is 18.1 Å². The number of carboxylic acids is 1. The highest BCUT2D eigenvalue weighted by atomic mass is 32.1. The van der Waals surface area contributed by atoms with E-state index in [4.69, 9.17) is 23.7 Å². The Morgan fingerprint density at radius 2 is 1.44 bits per heavy atom. The lowest BCUT2D eigenvalue weighted by Gasteiger charge is -2.26. The maximum Gasteiger partial charge on any atom is 0.305 e. The lowest BCUT2D eigenvalue weighted by molar-refractivity contribution is -0.138. The number of nitrogens with two attached hydrogens (primary N) is 2. The van der Waals surface area contributed by atoms with E-state index in [0.717, 1.165) is 31.5 Å². The van der Waals surface area contributed by atoms with Gasteiger partial charge in [0, 0.05) is 50.6 Å². The number of thiocarbonyl (C=S) groups is 2. The highest BCUT2D eigenvalue weighted by Gasteiger charge is 2.31. The predicted molar refractivity (Wildman–Crippen MR) is 258 cm³/mol. The number of carbonyl (C=O) groups is 7. The van der Waals surface area contributed by atoms with Crippen LogP contribution in [0.1, 0.15) is 82.6 Å². The van der Waals surface area contributed by atoms with Crippen LogP contribution in [-0.4, -0.2) is 120 Å². The average Bonchev–Trinajstić information content (AvgIpc) is 3.27. The van der Waals surface area contributed by atoms with Gasteiger partial charge in [-0.2, -0.15) is 4.99 Å². The summed E-state index contributed by atoms with van der Waals surface area (Å²) in [6.45, 7) is 1.25. The van der Waals surface area contributed by atoms with Crippen LogP contribution in [0.4, 0.5) is 11.4 Å². The summed E-state index contributed by atoms with van der Waals surface area (Å²) in [5, 5.41) is 34.3. The molecule has 3 rings (SSSR count). The van der Waals surface area contributed by atoms with Gasteiger partial charge in [0.05, 0.1) is 28.8 Å². The number of guanidine groups is 1. The van der Waals surface area contributed by atoms with Crippen LogP contribution in [0.2, 0.25) is 0 Å². The number of hydrogen-bond acceptors (Lipinski definition) is 12. The Morgan fingerprint density at radius 3 is 2.14 bits per heavy atom. The quantitative estimate of drug-likeness (QED) is 0.0305. The van der Waals surface area contributed by atoms with E-state index in [9.17, 15) is 38.7 Å². The van der Waals surface area contributed by atoms with Crippen LogP contribution in [0.5, 0.6) is 0 Å². The molecule has 66 heavy (non-hydrogen) atoms. The number of nitrogens with one attached hydrogen (secondary N) is 8. The van der Waals surface area contributed by atoms with E-state index >= 15 is 0 Å². The van der Waals surface area contributed by atoms with Crippen LogP contribution in [-0.2, 0) is 40.0 Å². The summed E-state index contributed by atoms with van der Waals surface area (Å²) in [4.78, 5) is 100. The second-order valence-corrected chi connectivity index (χ2v) is 16.3. The number of amides is 6. The Balaban J connectivity index is 1.56. The highest BCUT2D eigenvalue weighted by molar-refractivity contribution is 7.80. The third-order valence-corrected chi connectivity index (χ3v) is 10.5. The molecular formula is C44H62N12O8S2. The van der Waals surface area contributed by atoms with Gasteiger partial charge >= 0.3 is 5.97 Å². The fourth-order valence-corrected chi connectivity index (χ4v) is 7.16. The minimum Gasteiger partial charge on any atom is -0.481 e. The smallest absolute Gasteiger partial charge is 0.305 e. The van der Waals surface area contributed by atoms with Gasteiger partial charge in [0.15, 0.2) is 5.96 Å². The van der Waals surface area contributed by atoms with Crippen molar-refractivity contribution in [3.05, 3.63) is 60.2 Å². The number of carboxylic acid groups (broad SMARTS) is 1. The number of nitrogens with zero attached hydrogens (tertiary/aromatic N) is 2. The Labute approximate surface area is 395 Å². The summed E-state index contributed by atoms with van der Waals surface area (Å²) in [5.41, 5.74) is 13.1. The minimum absolute atomic E-state index is 0.0325. The van der Waals surface area contributed by atoms with E-state index in [-0.39, 0.29) is 44.1 Å². The molecule has 0 saturated carbocycles. The first-order chi connectivity index (χ1) is 31.7. The van der Waals surface area contributed by atoms with Crippen LogP contribution in [0.15, 0.2) is 64.6 Å². The van der Waals surface area contributed by atoms with E-state index < -0.39 is 79.1 Å². The summed E-state index contributed by atoms with van der Waals surface area (Å²) in [5.74, 6) is -5.05. The fraction of sp³-hybridized carbons (Fsp3) is 0.500. The van der Waals surface area contributed by atoms with Crippen molar-refractivity contribution in [2.24, 2.45) is 21.5 Å². The zero-order chi connectivity index (χ0) is 48.1. The molecule has 0 bridgehead atoms. The maximum absolute atomic E-state index is 14.0. The zero-order valence-electron chi connectivity index (χ0n) is 36.9. The summed E-state index contributed by atoms with van der Waals surface area (Å²) >= 11 is 10.0. The molecule has 1 saturated heterocycles. The van der Waals surface area contributed by atoms with Crippen LogP contribution < -0.4 is 54.0 Å². The van der Waals surface area contributed by atoms with Gasteiger partial charge in [-0.3, -0.25) is 38.6 Å². The van der Waals surface area contributed by atoms with E-state index in [1.165, 1.54) is 0 Å². The molecule has 6 amide bonds. The van der Waals surface area contributed by atoms with Gasteiger partial charge in [-0.15, -0.1) is 0 Å². The normalized spacial score (nSPS) is 18.2. The SMILES string of the molecule is NC(N)=NCCC[C@@H]1NC(=O)[C@H](CCCCCNC(=O)CCCCCNCC(=S)Nc2ccc(N=C=S)cc2)NC(=O)[C@@H](Cc2ccccc2)NC(=O)C[C@H](CC(=O)O)NC(=O)CNC1=O. The summed E-state index contributed by atoms with van der Waals surface area (Å²) in [6.07, 6.45) is 3.90. The van der Waals surface area contributed by atoms with Gasteiger partial charge in [-0.25, -0.2) is 0 Å². The number of carbonyl (C=O) groups excluding carboxylic acids is 6. The van der Waals surface area contributed by atoms with Crippen LogP contribution in [0.3, 0.4) is 0 Å². The molecule has 2 aromatic rings. The largest absolute Gasteiger partial charge is 0.481 e. The van der Waals surface area contributed by atoms with E-state index in [0.29, 0.717) is 55.0 Å². The molecule has 358 valence electrons. The van der Waals surface area contributed by atoms with Crippen molar-refractivity contribution < 1.29 is 38.7 Å². The van der Waals surface area contributed by atoms with Gasteiger partial charge in [-0.1, -0.05) is 61.8 Å². The molecule has 0 unspecified atom stereocenters. The average molecular weight is 951 g/mol. The lowest BCUT2D eigenvalue weighted by atomic mass is 10.0. The molecule has 22 heteroatoms. The van der Waals surface area contributed by atoms with Crippen molar-refractivity contribution in [2.75, 3.05) is 38.0 Å². The molecule has 0 aromatic heterocycles. The van der Waals surface area contributed by atoms with Gasteiger partial charge in [-0.05, 0) is 87.1 Å². The number of anilines is 1. The number of unbranched alkanes of at least 4 members (excludes halogenated alkanes) is 4. The van der Waals surface area contributed by atoms with Crippen molar-refractivity contribution in [2.45, 2.75) is 108 Å². The van der Waals surface area contributed by atoms with Crippen molar-refractivity contribution in [1.82, 2.24) is 37.2 Å². The zero-order valence-corrected chi connectivity index (χ0v) is 38.5. The minimum atomic E-state index is -1.28. The predicted octanol–water partition coefficient (Wildman–Crippen LogP) is 1.22. The van der Waals surface area contributed by atoms with Gasteiger partial charge in [0.25, 0.3) is 0 Å². The maximum atomic E-state index is 14.0. The molecule has 13 N–H and O–H groups in total. The molecule has 1 aliphatic rings. The van der Waals surface area contributed by atoms with Gasteiger partial charge < -0.3 is 59.1 Å². The highest BCUT2D eigenvalue weighted by Crippen LogP contribution is 2.16. The number of isothiocyanates is 1. The topological polar surface area (TPSA) is 313 Å². The summed E-state index contributed by atoms with van der Waals surface area (Å²) < 4.78 is 0. The van der Waals surface area contributed by atoms with Crippen molar-refractivity contribution >= 4 is 93.3 Å². The van der Waals surface area contributed by atoms with Crippen LogP contribution in [0.25, 0.3) is 0 Å². The molecule has 1 fully saturated rings. The number of hydrogen-bond donors (Lipinski definition) is 11. The molecule has 1 heterocycles. The second kappa shape index (κ2) is 30.7. The molecule has 20 nitrogen and oxygen atoms in total. The van der Waals surface area contributed by atoms with Gasteiger partial charge in [0.2, 0.25) is 35.4 Å². The molecule has 4 atom stereocenters. The van der Waals surface area contributed by atoms with Crippen LogP contribution in [0, 0.1) is 0 Å². The molecule has 0 aliphatic carbocycles. The van der Waals surface area contributed by atoms with Crippen molar-refractivity contribution in [1.29, 1.82) is 0 Å². The third-order valence-electron chi connectivity index (χ3n) is 10.1. The Morgan fingerprint density at radius 1 is 0.773 bits per heavy atom. The standard InChI is InChI=1S/C44H62N12O8S2/c45-44(46)49-22-10-14-33-41(62)50-26-38(59)52-32(25-40(60)61)24-37(58)54-35(23-29-11-4-1-5-12-29)43(64)56-34(42(63)55-33)13-6-2-9-21-48-36(57)15-7-3-8-20-47-27-39(66)53-31-18-16-30(17-19-31)51-28-65/h1,4-5,11-12,16-19,32-35,47H,2-3,6-10,13-15,20-27H2,(H,48,57)(H,50,62)(H,52,59)(H,53,66)(H,54,58)(H,55,63)(H,56,64)(H,60,61)(H4,45,46,49)/t32-,33+,34+,35-/m1/s1. The van der Waals surface area contributed by atoms with E-state index in [1.807, 2.05) is 24.3 Å². The van der Waals surface area contributed by atoms with Crippen LogP contribution >= 0.6 is 24.4 Å². The monoisotopic (exact) mass is 950 g/mol. The van der Waals surface area contributed by atoms with Crippen molar-refractivity contribution in [3.8, 4) is 0 Å². The molecule has 1 aliphatic heterocycles. The first-order valence-corrected chi connectivity index (χ1v) is 22.8. The Kier molecular flexibility index (Phi) is 25.1. The Bertz CT molecular complexity index is 2010. The number of aliphatic carboxylic acids is 1. The first kappa shape index (κ1) is 54.0. The summed E-state index contributed by atoms with van der Waals surface area (Å²) in [7, 11) is 0. The molecular weight excluding hydrogens is 889 g/mol. The molecule has 2 aromatic carbocycles. The number of benzene rings is 2. The number of aliphatic imine (C=N–C) groups is 2. The van der Waals surface area contributed by atoms with E-state index in [1.54, 1.807) is 30.3 Å².